The summed E-state index contributed by atoms with van der Waals surface area (Å²) in [6.07, 6.45) is 0.225. The molecule has 80 valence electrons. The number of rotatable bonds is 5. The molecule has 0 aliphatic rings. The summed E-state index contributed by atoms with van der Waals surface area (Å²) in [5.74, 6) is -0.184. The fraction of sp³-hybridized carbons (Fsp3) is 0.417. The third-order valence-corrected chi connectivity index (χ3v) is 2.31. The molecule has 0 aromatic heterocycles. The molecular formula is C12H15NO2. The molecule has 1 atom stereocenters. The predicted molar refractivity (Wildman–Crippen MR) is 57.2 cm³/mol. The zero-order chi connectivity index (χ0) is 11.1. The molecule has 3 nitrogen and oxygen atoms in total. The van der Waals surface area contributed by atoms with Crippen molar-refractivity contribution in [3.63, 3.8) is 0 Å². The first kappa shape index (κ1) is 11.7. The van der Waals surface area contributed by atoms with Gasteiger partial charge < -0.3 is 9.47 Å². The number of methoxy groups -OCH3 is 2. The maximum Gasteiger partial charge on any atom is 0.158 e. The number of nitrogens with zero attached hydrogens (tertiary/aromatic N) is 1. The van der Waals surface area contributed by atoms with Crippen LogP contribution in [0.25, 0.3) is 0 Å². The summed E-state index contributed by atoms with van der Waals surface area (Å²) in [5.41, 5.74) is 0.999. The molecule has 3 heteroatoms. The van der Waals surface area contributed by atoms with E-state index in [0.717, 1.165) is 5.56 Å². The van der Waals surface area contributed by atoms with E-state index in [0.29, 0.717) is 6.42 Å². The van der Waals surface area contributed by atoms with Crippen LogP contribution in [0.15, 0.2) is 30.3 Å². The second-order valence-electron chi connectivity index (χ2n) is 3.23. The number of nitriles is 1. The summed E-state index contributed by atoms with van der Waals surface area (Å²) in [6.45, 7) is 0. The average Bonchev–Trinajstić information content (AvgIpc) is 2.32. The minimum Gasteiger partial charge on any atom is -0.356 e. The molecule has 0 saturated carbocycles. The van der Waals surface area contributed by atoms with E-state index in [2.05, 4.69) is 6.07 Å². The predicted octanol–water partition coefficient (Wildman–Crippen LogP) is 2.30. The summed E-state index contributed by atoms with van der Waals surface area (Å²) < 4.78 is 10.2. The Balaban J connectivity index is 2.69. The van der Waals surface area contributed by atoms with Crippen LogP contribution in [0.2, 0.25) is 0 Å². The average molecular weight is 205 g/mol. The topological polar surface area (TPSA) is 42.2 Å². The van der Waals surface area contributed by atoms with Gasteiger partial charge in [-0.3, -0.25) is 0 Å². The number of benzene rings is 1. The van der Waals surface area contributed by atoms with Crippen LogP contribution < -0.4 is 0 Å². The Morgan fingerprint density at radius 3 is 2.27 bits per heavy atom. The largest absolute Gasteiger partial charge is 0.356 e. The van der Waals surface area contributed by atoms with Crippen LogP contribution in [0.5, 0.6) is 0 Å². The molecule has 1 unspecified atom stereocenters. The van der Waals surface area contributed by atoms with Crippen molar-refractivity contribution in [2.75, 3.05) is 14.2 Å². The minimum atomic E-state index is -0.324. The van der Waals surface area contributed by atoms with Gasteiger partial charge in [-0.1, -0.05) is 30.3 Å². The highest BCUT2D eigenvalue weighted by molar-refractivity contribution is 5.24. The lowest BCUT2D eigenvalue weighted by atomic mass is 9.97. The van der Waals surface area contributed by atoms with E-state index in [9.17, 15) is 0 Å². The quantitative estimate of drug-likeness (QED) is 0.693. The van der Waals surface area contributed by atoms with Gasteiger partial charge in [-0.2, -0.15) is 5.26 Å². The first-order valence-corrected chi connectivity index (χ1v) is 4.82. The van der Waals surface area contributed by atoms with Crippen molar-refractivity contribution >= 4 is 0 Å². The van der Waals surface area contributed by atoms with E-state index in [1.807, 2.05) is 30.3 Å². The number of hydrogen-bond acceptors (Lipinski definition) is 3. The molecule has 0 radical (unpaired) electrons. The molecule has 0 spiro atoms. The molecule has 0 bridgehead atoms. The van der Waals surface area contributed by atoms with Crippen molar-refractivity contribution in [2.45, 2.75) is 18.6 Å². The highest BCUT2D eigenvalue weighted by Crippen LogP contribution is 2.21. The standard InChI is InChI=1S/C12H15NO2/c1-14-12(15-2)8-11(9-13)10-6-4-3-5-7-10/h3-7,11-12H,8H2,1-2H3. The number of hydrogen-bond donors (Lipinski definition) is 0. The van der Waals surface area contributed by atoms with Crippen molar-refractivity contribution in [1.29, 1.82) is 5.26 Å². The molecule has 15 heavy (non-hydrogen) atoms. The molecule has 1 aromatic carbocycles. The third-order valence-electron chi connectivity index (χ3n) is 2.31. The van der Waals surface area contributed by atoms with E-state index >= 15 is 0 Å². The maximum absolute atomic E-state index is 9.06. The molecule has 0 aliphatic carbocycles. The highest BCUT2D eigenvalue weighted by atomic mass is 16.7. The monoisotopic (exact) mass is 205 g/mol. The van der Waals surface area contributed by atoms with Gasteiger partial charge in [0.2, 0.25) is 0 Å². The molecule has 1 aromatic rings. The Morgan fingerprint density at radius 1 is 1.20 bits per heavy atom. The summed E-state index contributed by atoms with van der Waals surface area (Å²) in [4.78, 5) is 0. The lowest BCUT2D eigenvalue weighted by molar-refractivity contribution is -0.107. The van der Waals surface area contributed by atoms with E-state index in [-0.39, 0.29) is 12.2 Å². The molecule has 0 aliphatic heterocycles. The van der Waals surface area contributed by atoms with E-state index in [1.165, 1.54) is 0 Å². The fourth-order valence-electron chi connectivity index (χ4n) is 1.43. The van der Waals surface area contributed by atoms with Gasteiger partial charge in [0, 0.05) is 20.6 Å². The normalized spacial score (nSPS) is 12.4. The van der Waals surface area contributed by atoms with Crippen LogP contribution in [0.4, 0.5) is 0 Å². The SMILES string of the molecule is COC(CC(C#N)c1ccccc1)OC. The van der Waals surface area contributed by atoms with Crippen LogP contribution in [0, 0.1) is 11.3 Å². The Labute approximate surface area is 90.2 Å². The minimum absolute atomic E-state index is 0.184. The Kier molecular flexibility index (Phi) is 4.82. The van der Waals surface area contributed by atoms with Gasteiger partial charge in [-0.05, 0) is 5.56 Å². The van der Waals surface area contributed by atoms with Gasteiger partial charge >= 0.3 is 0 Å². The van der Waals surface area contributed by atoms with E-state index < -0.39 is 0 Å². The fourth-order valence-corrected chi connectivity index (χ4v) is 1.43. The van der Waals surface area contributed by atoms with Crippen molar-refractivity contribution < 1.29 is 9.47 Å². The zero-order valence-electron chi connectivity index (χ0n) is 9.01. The van der Waals surface area contributed by atoms with Crippen LogP contribution in [-0.4, -0.2) is 20.5 Å². The summed E-state index contributed by atoms with van der Waals surface area (Å²) >= 11 is 0. The second kappa shape index (κ2) is 6.18. The van der Waals surface area contributed by atoms with Gasteiger partial charge in [0.1, 0.15) is 0 Å². The molecular weight excluding hydrogens is 190 g/mol. The second-order valence-corrected chi connectivity index (χ2v) is 3.23. The molecule has 0 saturated heterocycles. The third kappa shape index (κ3) is 3.35. The van der Waals surface area contributed by atoms with Crippen LogP contribution in [0.1, 0.15) is 17.9 Å². The first-order chi connectivity index (χ1) is 7.31. The maximum atomic E-state index is 9.06. The zero-order valence-corrected chi connectivity index (χ0v) is 9.01. The van der Waals surface area contributed by atoms with E-state index in [4.69, 9.17) is 14.7 Å². The summed E-state index contributed by atoms with van der Waals surface area (Å²) in [5, 5.41) is 9.06. The molecule has 0 amide bonds. The van der Waals surface area contributed by atoms with Gasteiger partial charge in [0.25, 0.3) is 0 Å². The Hall–Kier alpha value is -1.37. The number of ether oxygens (including phenoxy) is 2. The molecule has 0 heterocycles. The van der Waals surface area contributed by atoms with Gasteiger partial charge in [-0.15, -0.1) is 0 Å². The summed E-state index contributed by atoms with van der Waals surface area (Å²) in [6, 6.07) is 11.9. The van der Waals surface area contributed by atoms with Gasteiger partial charge in [0.15, 0.2) is 6.29 Å². The lowest BCUT2D eigenvalue weighted by Gasteiger charge is -2.16. The molecule has 0 fully saturated rings. The van der Waals surface area contributed by atoms with Gasteiger partial charge in [0.05, 0.1) is 12.0 Å². The smallest absolute Gasteiger partial charge is 0.158 e. The van der Waals surface area contributed by atoms with Crippen LogP contribution in [-0.2, 0) is 9.47 Å². The van der Waals surface area contributed by atoms with Crippen molar-refractivity contribution in [1.82, 2.24) is 0 Å². The lowest BCUT2D eigenvalue weighted by Crippen LogP contribution is -2.16. The first-order valence-electron chi connectivity index (χ1n) is 4.82. The van der Waals surface area contributed by atoms with Crippen molar-refractivity contribution in [3.8, 4) is 6.07 Å². The Morgan fingerprint density at radius 2 is 1.80 bits per heavy atom. The van der Waals surface area contributed by atoms with Gasteiger partial charge in [-0.25, -0.2) is 0 Å². The Bertz CT molecular complexity index is 314. The van der Waals surface area contributed by atoms with Crippen molar-refractivity contribution in [2.24, 2.45) is 0 Å². The molecule has 0 N–H and O–H groups in total. The van der Waals surface area contributed by atoms with Crippen molar-refractivity contribution in [3.05, 3.63) is 35.9 Å². The highest BCUT2D eigenvalue weighted by Gasteiger charge is 2.16. The molecule has 1 rings (SSSR count). The van der Waals surface area contributed by atoms with Crippen LogP contribution >= 0.6 is 0 Å². The van der Waals surface area contributed by atoms with Crippen LogP contribution in [0.3, 0.4) is 0 Å². The summed E-state index contributed by atoms with van der Waals surface area (Å²) in [7, 11) is 3.15. The van der Waals surface area contributed by atoms with E-state index in [1.54, 1.807) is 14.2 Å².